The Morgan fingerprint density at radius 1 is 1.02 bits per heavy atom. The number of carbonyl (C=O) groups excluding carboxylic acids is 1. The highest BCUT2D eigenvalue weighted by Crippen LogP contribution is 2.38. The van der Waals surface area contributed by atoms with Crippen LogP contribution in [0, 0.1) is 0 Å². The predicted molar refractivity (Wildman–Crippen MR) is 171 cm³/mol. The van der Waals surface area contributed by atoms with E-state index < -0.39 is 17.8 Å². The molecule has 0 radical (unpaired) electrons. The normalized spacial score (nSPS) is 17.5. The van der Waals surface area contributed by atoms with Gasteiger partial charge in [0, 0.05) is 55.1 Å². The summed E-state index contributed by atoms with van der Waals surface area (Å²) in [4.78, 5) is 26.8. The van der Waals surface area contributed by atoms with Gasteiger partial charge in [-0.15, -0.1) is 0 Å². The maximum atomic E-state index is 13.5. The Balaban J connectivity index is 1.31. The molecule has 2 aliphatic heterocycles. The number of benzene rings is 2. The van der Waals surface area contributed by atoms with Crippen molar-refractivity contribution < 1.29 is 22.7 Å². The summed E-state index contributed by atoms with van der Waals surface area (Å²) in [5, 5.41) is 5.25. The van der Waals surface area contributed by atoms with E-state index in [2.05, 4.69) is 53.2 Å². The zero-order valence-corrected chi connectivity index (χ0v) is 26.3. The molecule has 5 rings (SSSR count). The molecule has 12 heteroatoms. The van der Waals surface area contributed by atoms with Gasteiger partial charge in [0.25, 0.3) is 0 Å². The van der Waals surface area contributed by atoms with E-state index in [-0.39, 0.29) is 29.5 Å². The monoisotopic (exact) mass is 623 g/mol. The highest BCUT2D eigenvalue weighted by Gasteiger charge is 2.32. The van der Waals surface area contributed by atoms with Crippen molar-refractivity contribution in [2.75, 3.05) is 57.0 Å². The molecule has 0 spiro atoms. The zero-order valence-electron chi connectivity index (χ0n) is 26.3. The van der Waals surface area contributed by atoms with Gasteiger partial charge in [-0.05, 0) is 61.5 Å². The maximum absolute atomic E-state index is 13.5. The maximum Gasteiger partial charge on any atom is 0.416 e. The Morgan fingerprint density at radius 3 is 2.36 bits per heavy atom. The number of halogens is 3. The van der Waals surface area contributed by atoms with E-state index in [9.17, 15) is 18.0 Å². The number of amides is 2. The van der Waals surface area contributed by atoms with Gasteiger partial charge in [0.2, 0.25) is 0 Å². The van der Waals surface area contributed by atoms with Crippen molar-refractivity contribution >= 4 is 23.2 Å². The molecule has 0 saturated carbocycles. The minimum absolute atomic E-state index is 0.0664. The number of hydrogen-bond acceptors (Lipinski definition) is 7. The first kappa shape index (κ1) is 32.2. The van der Waals surface area contributed by atoms with Crippen LogP contribution in [0.3, 0.4) is 0 Å². The number of hydrogen-bond donors (Lipinski definition) is 3. The highest BCUT2D eigenvalue weighted by molar-refractivity contribution is 6.07. The van der Waals surface area contributed by atoms with Crippen molar-refractivity contribution in [3.8, 4) is 16.9 Å². The number of piperazine rings is 1. The third-order valence-electron chi connectivity index (χ3n) is 8.07. The van der Waals surface area contributed by atoms with Crippen LogP contribution in [0.4, 0.5) is 29.3 Å². The number of aliphatic imine (C=N–C) groups is 1. The molecule has 0 bridgehead atoms. The fourth-order valence-electron chi connectivity index (χ4n) is 5.39. The molecule has 2 aliphatic rings. The van der Waals surface area contributed by atoms with E-state index in [0.717, 1.165) is 66.4 Å². The molecule has 1 atom stereocenters. The van der Waals surface area contributed by atoms with Crippen LogP contribution in [-0.2, 0) is 11.6 Å². The molecule has 45 heavy (non-hydrogen) atoms. The molecule has 1 saturated heterocycles. The van der Waals surface area contributed by atoms with Gasteiger partial charge in [0.05, 0.1) is 23.0 Å². The molecule has 2 amide bonds. The summed E-state index contributed by atoms with van der Waals surface area (Å²) in [6.07, 6.45) is -4.58. The second-order valence-corrected chi connectivity index (χ2v) is 12.6. The van der Waals surface area contributed by atoms with Gasteiger partial charge >= 0.3 is 12.2 Å². The molecule has 1 fully saturated rings. The van der Waals surface area contributed by atoms with Crippen molar-refractivity contribution in [3.05, 3.63) is 71.0 Å². The number of urea groups is 1. The third-order valence-corrected chi connectivity index (χ3v) is 8.07. The summed E-state index contributed by atoms with van der Waals surface area (Å²) >= 11 is 0. The lowest BCUT2D eigenvalue weighted by atomic mass is 9.87. The Kier molecular flexibility index (Phi) is 9.09. The van der Waals surface area contributed by atoms with Gasteiger partial charge in [0.15, 0.2) is 0 Å². The topological polar surface area (TPSA) is 108 Å². The molecule has 240 valence electrons. The van der Waals surface area contributed by atoms with Gasteiger partial charge in [-0.1, -0.05) is 32.9 Å². The smallest absolute Gasteiger partial charge is 0.416 e. The van der Waals surface area contributed by atoms with Crippen molar-refractivity contribution in [2.45, 2.75) is 45.3 Å². The number of nitrogens with one attached hydrogen (secondary N) is 2. The van der Waals surface area contributed by atoms with Crippen molar-refractivity contribution in [3.63, 3.8) is 0 Å². The SMILES string of the molecule is CC1N=C(N)c2c(-c3ccc(NC(=O)Nc4cc(C(F)(F)F)ccc4OCCN4CCN(C)CC4)cc3)cc(C(C)(C)C)nc21. The van der Waals surface area contributed by atoms with Crippen LogP contribution >= 0.6 is 0 Å². The molecular weight excluding hydrogens is 583 g/mol. The van der Waals surface area contributed by atoms with Gasteiger partial charge < -0.3 is 26.0 Å². The van der Waals surface area contributed by atoms with Crippen LogP contribution < -0.4 is 21.1 Å². The van der Waals surface area contributed by atoms with E-state index in [1.54, 1.807) is 12.1 Å². The van der Waals surface area contributed by atoms with Gasteiger partial charge in [-0.2, -0.15) is 13.2 Å². The number of rotatable bonds is 7. The molecule has 2 aromatic carbocycles. The molecular formula is C33H40F3N7O2. The second kappa shape index (κ2) is 12.7. The lowest BCUT2D eigenvalue weighted by Crippen LogP contribution is -2.45. The van der Waals surface area contributed by atoms with Crippen molar-refractivity contribution in [2.24, 2.45) is 10.7 Å². The van der Waals surface area contributed by atoms with Crippen LogP contribution in [0.25, 0.3) is 11.1 Å². The third kappa shape index (κ3) is 7.56. The fourth-order valence-corrected chi connectivity index (χ4v) is 5.39. The van der Waals surface area contributed by atoms with Crippen LogP contribution in [0.15, 0.2) is 53.5 Å². The number of likely N-dealkylation sites (N-methyl/N-ethyl adjacent to an activating group) is 1. The number of ether oxygens (including phenoxy) is 1. The summed E-state index contributed by atoms with van der Waals surface area (Å²) in [5.74, 6) is 0.599. The molecule has 1 aromatic heterocycles. The Morgan fingerprint density at radius 2 is 1.71 bits per heavy atom. The lowest BCUT2D eigenvalue weighted by Gasteiger charge is -2.32. The number of amidine groups is 1. The van der Waals surface area contributed by atoms with E-state index in [1.807, 2.05) is 25.1 Å². The zero-order chi connectivity index (χ0) is 32.5. The molecule has 0 aliphatic carbocycles. The Bertz CT molecular complexity index is 1570. The number of pyridine rings is 1. The van der Waals surface area contributed by atoms with Crippen LogP contribution in [0.1, 0.15) is 56.3 Å². The first-order valence-electron chi connectivity index (χ1n) is 15.0. The molecule has 4 N–H and O–H groups in total. The van der Waals surface area contributed by atoms with Gasteiger partial charge in [-0.3, -0.25) is 14.9 Å². The van der Waals surface area contributed by atoms with E-state index in [1.165, 1.54) is 6.07 Å². The van der Waals surface area contributed by atoms with E-state index in [4.69, 9.17) is 15.5 Å². The second-order valence-electron chi connectivity index (χ2n) is 12.6. The molecule has 3 aromatic rings. The lowest BCUT2D eigenvalue weighted by molar-refractivity contribution is -0.137. The van der Waals surface area contributed by atoms with E-state index in [0.29, 0.717) is 18.1 Å². The Labute approximate surface area is 261 Å². The quantitative estimate of drug-likeness (QED) is 0.293. The number of nitrogens with two attached hydrogens (primary N) is 1. The summed E-state index contributed by atoms with van der Waals surface area (Å²) in [6, 6.07) is 11.4. The number of fused-ring (bicyclic) bond motifs is 1. The van der Waals surface area contributed by atoms with Crippen LogP contribution in [0.5, 0.6) is 5.75 Å². The average molecular weight is 624 g/mol. The summed E-state index contributed by atoms with van der Waals surface area (Å²) in [7, 11) is 2.06. The van der Waals surface area contributed by atoms with Crippen LogP contribution in [-0.4, -0.2) is 73.0 Å². The van der Waals surface area contributed by atoms with E-state index >= 15 is 0 Å². The first-order valence-corrected chi connectivity index (χ1v) is 15.0. The van der Waals surface area contributed by atoms with Crippen molar-refractivity contribution in [1.29, 1.82) is 0 Å². The van der Waals surface area contributed by atoms with Crippen LogP contribution in [0.2, 0.25) is 0 Å². The molecule has 3 heterocycles. The standard InChI is InChI=1S/C33H40F3N7O2/c1-20-29-28(30(37)38-20)24(19-27(41-29)32(2,3)4)21-6-9-23(10-7-21)39-31(44)40-25-18-22(33(34,35)36)8-11-26(25)45-17-16-43-14-12-42(5)13-15-43/h6-11,18-20H,12-17H2,1-5H3,(H2,37,38)(H2,39,40,44). The summed E-state index contributed by atoms with van der Waals surface area (Å²) < 4.78 is 46.4. The fraction of sp³-hybridized carbons (Fsp3) is 0.424. The minimum atomic E-state index is -4.58. The number of nitrogens with zero attached hydrogens (tertiary/aromatic N) is 4. The number of anilines is 2. The number of carbonyl (C=O) groups is 1. The minimum Gasteiger partial charge on any atom is -0.490 e. The Hall–Kier alpha value is -4.16. The summed E-state index contributed by atoms with van der Waals surface area (Å²) in [6.45, 7) is 12.8. The predicted octanol–water partition coefficient (Wildman–Crippen LogP) is 6.12. The molecule has 1 unspecified atom stereocenters. The van der Waals surface area contributed by atoms with Gasteiger partial charge in [0.1, 0.15) is 18.2 Å². The number of alkyl halides is 3. The first-order chi connectivity index (χ1) is 21.2. The number of aromatic nitrogens is 1. The summed E-state index contributed by atoms with van der Waals surface area (Å²) in [5.41, 5.74) is 9.91. The largest absolute Gasteiger partial charge is 0.490 e. The molecule has 9 nitrogen and oxygen atoms in total. The average Bonchev–Trinajstić information content (AvgIpc) is 3.26. The van der Waals surface area contributed by atoms with Gasteiger partial charge in [-0.25, -0.2) is 4.79 Å². The van der Waals surface area contributed by atoms with Crippen molar-refractivity contribution in [1.82, 2.24) is 14.8 Å². The highest BCUT2D eigenvalue weighted by atomic mass is 19.4.